The number of methoxy groups -OCH3 is 1. The van der Waals surface area contributed by atoms with E-state index in [2.05, 4.69) is 27.7 Å². The molecule has 0 spiro atoms. The zero-order valence-electron chi connectivity index (χ0n) is 11.3. The van der Waals surface area contributed by atoms with Gasteiger partial charge in [-0.25, -0.2) is 0 Å². The van der Waals surface area contributed by atoms with E-state index in [-0.39, 0.29) is 0 Å². The van der Waals surface area contributed by atoms with Gasteiger partial charge in [-0.1, -0.05) is 47.0 Å². The van der Waals surface area contributed by atoms with E-state index in [1.165, 1.54) is 12.8 Å². The number of hydrogen-bond acceptors (Lipinski definition) is 2. The summed E-state index contributed by atoms with van der Waals surface area (Å²) in [6, 6.07) is 0. The zero-order valence-corrected chi connectivity index (χ0v) is 11.3. The van der Waals surface area contributed by atoms with Crippen molar-refractivity contribution in [1.82, 2.24) is 0 Å². The van der Waals surface area contributed by atoms with E-state index in [1.54, 1.807) is 7.11 Å². The summed E-state index contributed by atoms with van der Waals surface area (Å²) >= 11 is 0. The fourth-order valence-electron chi connectivity index (χ4n) is 1.05. The van der Waals surface area contributed by atoms with Crippen molar-refractivity contribution in [2.75, 3.05) is 20.3 Å². The minimum absolute atomic E-state index is 0.298. The molecule has 0 saturated carbocycles. The first-order chi connectivity index (χ1) is 7.26. The summed E-state index contributed by atoms with van der Waals surface area (Å²) < 4.78 is 10.7. The van der Waals surface area contributed by atoms with Crippen molar-refractivity contribution in [3.63, 3.8) is 0 Å². The molecule has 0 aliphatic carbocycles. The van der Waals surface area contributed by atoms with Crippen molar-refractivity contribution in [3.05, 3.63) is 0 Å². The molecule has 0 heterocycles. The topological polar surface area (TPSA) is 18.5 Å². The Labute approximate surface area is 96.4 Å². The summed E-state index contributed by atoms with van der Waals surface area (Å²) in [6.45, 7) is 10.2. The van der Waals surface area contributed by atoms with Gasteiger partial charge >= 0.3 is 0 Å². The molecule has 0 aromatic heterocycles. The second-order valence-electron chi connectivity index (χ2n) is 3.78. The van der Waals surface area contributed by atoms with Gasteiger partial charge in [0.05, 0.1) is 12.7 Å². The molecular formula is C13H30O2. The molecule has 15 heavy (non-hydrogen) atoms. The number of rotatable bonds is 8. The Morgan fingerprint density at radius 2 is 1.60 bits per heavy atom. The maximum Gasteiger partial charge on any atom is 0.0804 e. The monoisotopic (exact) mass is 218 g/mol. The molecule has 0 N–H and O–H groups in total. The molecule has 1 atom stereocenters. The smallest absolute Gasteiger partial charge is 0.0804 e. The average molecular weight is 218 g/mol. The van der Waals surface area contributed by atoms with Gasteiger partial charge in [0, 0.05) is 13.7 Å². The van der Waals surface area contributed by atoms with Crippen LogP contribution in [0.25, 0.3) is 0 Å². The Bertz CT molecular complexity index is 94.5. The van der Waals surface area contributed by atoms with Crippen molar-refractivity contribution in [2.45, 2.75) is 65.9 Å². The van der Waals surface area contributed by atoms with Crippen LogP contribution in [0.1, 0.15) is 59.8 Å². The second-order valence-corrected chi connectivity index (χ2v) is 3.78. The van der Waals surface area contributed by atoms with E-state index < -0.39 is 0 Å². The molecule has 2 nitrogen and oxygen atoms in total. The molecule has 0 amide bonds. The van der Waals surface area contributed by atoms with Crippen LogP contribution in [0.15, 0.2) is 0 Å². The fraction of sp³-hybridized carbons (Fsp3) is 1.00. The lowest BCUT2D eigenvalue weighted by molar-refractivity contribution is 0.00338. The molecule has 0 bridgehead atoms. The predicted molar refractivity (Wildman–Crippen MR) is 67.4 cm³/mol. The van der Waals surface area contributed by atoms with E-state index >= 15 is 0 Å². The van der Waals surface area contributed by atoms with Crippen LogP contribution in [-0.4, -0.2) is 26.4 Å². The van der Waals surface area contributed by atoms with Gasteiger partial charge < -0.3 is 9.47 Å². The van der Waals surface area contributed by atoms with Gasteiger partial charge in [-0.15, -0.1) is 0 Å². The second kappa shape index (κ2) is 16.4. The van der Waals surface area contributed by atoms with Crippen LogP contribution in [0.5, 0.6) is 0 Å². The van der Waals surface area contributed by atoms with Crippen LogP contribution in [0.4, 0.5) is 0 Å². The van der Waals surface area contributed by atoms with Gasteiger partial charge in [-0.3, -0.25) is 0 Å². The molecular weight excluding hydrogens is 188 g/mol. The number of ether oxygens (including phenoxy) is 2. The van der Waals surface area contributed by atoms with Crippen molar-refractivity contribution in [3.8, 4) is 0 Å². The first-order valence-electron chi connectivity index (χ1n) is 6.37. The molecule has 0 fully saturated rings. The molecule has 0 rings (SSSR count). The molecule has 2 heteroatoms. The fourth-order valence-corrected chi connectivity index (χ4v) is 1.05. The maximum atomic E-state index is 5.45. The summed E-state index contributed by atoms with van der Waals surface area (Å²) in [7, 11) is 1.75. The quantitative estimate of drug-likeness (QED) is 0.573. The molecule has 1 unspecified atom stereocenters. The highest BCUT2D eigenvalue weighted by Gasteiger charge is 2.04. The van der Waals surface area contributed by atoms with E-state index in [4.69, 9.17) is 9.47 Å². The van der Waals surface area contributed by atoms with Gasteiger partial charge in [0.1, 0.15) is 0 Å². The van der Waals surface area contributed by atoms with Crippen molar-refractivity contribution < 1.29 is 9.47 Å². The van der Waals surface area contributed by atoms with Crippen LogP contribution in [0.2, 0.25) is 0 Å². The van der Waals surface area contributed by atoms with Crippen LogP contribution in [0.3, 0.4) is 0 Å². The van der Waals surface area contributed by atoms with Crippen molar-refractivity contribution >= 4 is 0 Å². The minimum atomic E-state index is 0.298. The predicted octanol–water partition coefficient (Wildman–Crippen LogP) is 4.03. The Morgan fingerprint density at radius 1 is 1.00 bits per heavy atom. The SMILES string of the molecule is CCC.CCCCOCC(CCC)OC. The highest BCUT2D eigenvalue weighted by atomic mass is 16.5. The third-order valence-electron chi connectivity index (χ3n) is 1.89. The standard InChI is InChI=1S/C10H22O2.C3H8/c1-4-6-8-12-9-10(11-3)7-5-2;1-3-2/h10H,4-9H2,1-3H3;3H2,1-2H3. The van der Waals surface area contributed by atoms with Crippen molar-refractivity contribution in [1.29, 1.82) is 0 Å². The molecule has 94 valence electrons. The van der Waals surface area contributed by atoms with Gasteiger partial charge in [0.25, 0.3) is 0 Å². The lowest BCUT2D eigenvalue weighted by atomic mass is 10.2. The summed E-state index contributed by atoms with van der Waals surface area (Å²) in [5, 5.41) is 0. The van der Waals surface area contributed by atoms with Gasteiger partial charge in [0.15, 0.2) is 0 Å². The van der Waals surface area contributed by atoms with Crippen LogP contribution in [-0.2, 0) is 9.47 Å². The summed E-state index contributed by atoms with van der Waals surface area (Å²) in [6.07, 6.45) is 6.17. The minimum Gasteiger partial charge on any atom is -0.379 e. The van der Waals surface area contributed by atoms with E-state index in [0.717, 1.165) is 32.5 Å². The number of hydrogen-bond donors (Lipinski definition) is 0. The first-order valence-corrected chi connectivity index (χ1v) is 6.37. The van der Waals surface area contributed by atoms with Crippen LogP contribution >= 0.6 is 0 Å². The third kappa shape index (κ3) is 16.6. The molecule has 0 aromatic carbocycles. The Kier molecular flexibility index (Phi) is 18.9. The van der Waals surface area contributed by atoms with Crippen LogP contribution in [0, 0.1) is 0 Å². The normalized spacial score (nSPS) is 11.8. The first kappa shape index (κ1) is 17.3. The molecule has 0 radical (unpaired) electrons. The maximum absolute atomic E-state index is 5.45. The van der Waals surface area contributed by atoms with E-state index in [9.17, 15) is 0 Å². The zero-order chi connectivity index (χ0) is 11.9. The third-order valence-corrected chi connectivity index (χ3v) is 1.89. The van der Waals surface area contributed by atoms with E-state index in [1.807, 2.05) is 0 Å². The average Bonchev–Trinajstić information content (AvgIpc) is 2.24. The summed E-state index contributed by atoms with van der Waals surface area (Å²) in [4.78, 5) is 0. The molecule has 0 aromatic rings. The Morgan fingerprint density at radius 3 is 2.00 bits per heavy atom. The van der Waals surface area contributed by atoms with Crippen molar-refractivity contribution in [2.24, 2.45) is 0 Å². The van der Waals surface area contributed by atoms with Gasteiger partial charge in [-0.2, -0.15) is 0 Å². The summed E-state index contributed by atoms with van der Waals surface area (Å²) in [5.74, 6) is 0. The Hall–Kier alpha value is -0.0800. The van der Waals surface area contributed by atoms with Crippen LogP contribution < -0.4 is 0 Å². The van der Waals surface area contributed by atoms with E-state index in [0.29, 0.717) is 6.10 Å². The van der Waals surface area contributed by atoms with Gasteiger partial charge in [0.2, 0.25) is 0 Å². The van der Waals surface area contributed by atoms with Gasteiger partial charge in [-0.05, 0) is 12.8 Å². The Balaban J connectivity index is 0. The number of unbranched alkanes of at least 4 members (excludes halogenated alkanes) is 1. The highest BCUT2D eigenvalue weighted by molar-refractivity contribution is 4.54. The molecule has 0 aliphatic rings. The highest BCUT2D eigenvalue weighted by Crippen LogP contribution is 2.01. The molecule has 0 aliphatic heterocycles. The lowest BCUT2D eigenvalue weighted by Crippen LogP contribution is -2.18. The lowest BCUT2D eigenvalue weighted by Gasteiger charge is -2.13. The summed E-state index contributed by atoms with van der Waals surface area (Å²) in [5.41, 5.74) is 0. The largest absolute Gasteiger partial charge is 0.379 e. The molecule has 0 saturated heterocycles.